The number of halogens is 1. The molecule has 0 amide bonds. The lowest BCUT2D eigenvalue weighted by Gasteiger charge is -2.00. The van der Waals surface area contributed by atoms with Gasteiger partial charge in [0.15, 0.2) is 0 Å². The van der Waals surface area contributed by atoms with Gasteiger partial charge in [0.25, 0.3) is 0 Å². The summed E-state index contributed by atoms with van der Waals surface area (Å²) in [7, 11) is 1.64. The van der Waals surface area contributed by atoms with Crippen LogP contribution in [-0.2, 0) is 11.4 Å². The highest BCUT2D eigenvalue weighted by Gasteiger charge is 1.93. The molecular formula is C15H14ClNO2. The maximum Gasteiger partial charge on any atom is 0.142 e. The number of ether oxygens (including phenoxy) is 1. The zero-order chi connectivity index (χ0) is 13.5. The Morgan fingerprint density at radius 2 is 1.74 bits per heavy atom. The molecule has 0 aliphatic heterocycles. The summed E-state index contributed by atoms with van der Waals surface area (Å²) < 4.78 is 5.08. The van der Waals surface area contributed by atoms with Crippen LogP contribution in [0.5, 0.6) is 5.75 Å². The van der Waals surface area contributed by atoms with Crippen LogP contribution in [-0.4, -0.2) is 13.3 Å². The second-order valence-electron chi connectivity index (χ2n) is 3.91. The lowest BCUT2D eigenvalue weighted by atomic mass is 10.2. The summed E-state index contributed by atoms with van der Waals surface area (Å²) in [6.45, 7) is 0.420. The Balaban J connectivity index is 1.84. The molecule has 2 aromatic carbocycles. The van der Waals surface area contributed by atoms with Crippen molar-refractivity contribution in [1.82, 2.24) is 0 Å². The molecule has 2 rings (SSSR count). The molecule has 0 spiro atoms. The molecule has 4 heteroatoms. The first-order valence-corrected chi connectivity index (χ1v) is 6.19. The molecule has 98 valence electrons. The molecule has 0 aliphatic rings. The molecule has 2 aromatic rings. The van der Waals surface area contributed by atoms with Gasteiger partial charge in [-0.2, -0.15) is 0 Å². The number of rotatable bonds is 5. The van der Waals surface area contributed by atoms with Crippen LogP contribution in [0.1, 0.15) is 11.1 Å². The molecule has 0 atom stereocenters. The summed E-state index contributed by atoms with van der Waals surface area (Å²) in [6, 6.07) is 15.0. The molecule has 0 aliphatic carbocycles. The van der Waals surface area contributed by atoms with E-state index < -0.39 is 0 Å². The first-order chi connectivity index (χ1) is 9.28. The van der Waals surface area contributed by atoms with Gasteiger partial charge < -0.3 is 9.57 Å². The van der Waals surface area contributed by atoms with Gasteiger partial charge in [-0.15, -0.1) is 0 Å². The Labute approximate surface area is 117 Å². The normalized spacial score (nSPS) is 10.6. The lowest BCUT2D eigenvalue weighted by molar-refractivity contribution is 0.132. The van der Waals surface area contributed by atoms with E-state index >= 15 is 0 Å². The number of oxime groups is 1. The highest BCUT2D eigenvalue weighted by atomic mass is 35.5. The van der Waals surface area contributed by atoms with E-state index in [4.69, 9.17) is 21.2 Å². The highest BCUT2D eigenvalue weighted by molar-refractivity contribution is 6.30. The van der Waals surface area contributed by atoms with Crippen molar-refractivity contribution < 1.29 is 9.57 Å². The topological polar surface area (TPSA) is 30.8 Å². The minimum atomic E-state index is 0.420. The maximum atomic E-state index is 5.80. The van der Waals surface area contributed by atoms with Gasteiger partial charge in [-0.1, -0.05) is 28.9 Å². The Kier molecular flexibility index (Phi) is 4.81. The molecule has 0 radical (unpaired) electrons. The van der Waals surface area contributed by atoms with E-state index in [1.54, 1.807) is 13.3 Å². The molecule has 0 unspecified atom stereocenters. The van der Waals surface area contributed by atoms with Crippen LogP contribution < -0.4 is 4.74 Å². The molecule has 0 saturated heterocycles. The van der Waals surface area contributed by atoms with Crippen LogP contribution in [0.2, 0.25) is 5.02 Å². The number of hydrogen-bond acceptors (Lipinski definition) is 3. The second kappa shape index (κ2) is 6.81. The van der Waals surface area contributed by atoms with Crippen LogP contribution in [0.4, 0.5) is 0 Å². The third-order valence-corrected chi connectivity index (χ3v) is 2.79. The summed E-state index contributed by atoms with van der Waals surface area (Å²) in [5.74, 6) is 0.819. The van der Waals surface area contributed by atoms with Crippen molar-refractivity contribution in [3.8, 4) is 5.75 Å². The minimum Gasteiger partial charge on any atom is -0.497 e. The summed E-state index contributed by atoms with van der Waals surface area (Å²) in [5, 5.41) is 4.63. The number of methoxy groups -OCH3 is 1. The molecular weight excluding hydrogens is 262 g/mol. The Bertz CT molecular complexity index is 535. The van der Waals surface area contributed by atoms with Gasteiger partial charge in [0.1, 0.15) is 12.4 Å². The monoisotopic (exact) mass is 275 g/mol. The van der Waals surface area contributed by atoms with E-state index in [9.17, 15) is 0 Å². The Hall–Kier alpha value is -2.00. The third kappa shape index (κ3) is 4.30. The zero-order valence-corrected chi connectivity index (χ0v) is 11.3. The number of nitrogens with zero attached hydrogens (tertiary/aromatic N) is 1. The average molecular weight is 276 g/mol. The van der Waals surface area contributed by atoms with Gasteiger partial charge in [-0.3, -0.25) is 0 Å². The Morgan fingerprint density at radius 3 is 2.37 bits per heavy atom. The van der Waals surface area contributed by atoms with Crippen LogP contribution in [0.25, 0.3) is 0 Å². The van der Waals surface area contributed by atoms with Crippen molar-refractivity contribution in [3.05, 3.63) is 64.7 Å². The number of hydrogen-bond donors (Lipinski definition) is 0. The third-order valence-electron chi connectivity index (χ3n) is 2.54. The molecule has 19 heavy (non-hydrogen) atoms. The fourth-order valence-electron chi connectivity index (χ4n) is 1.48. The van der Waals surface area contributed by atoms with Crippen molar-refractivity contribution in [2.45, 2.75) is 6.61 Å². The van der Waals surface area contributed by atoms with Crippen LogP contribution in [0.3, 0.4) is 0 Å². The summed E-state index contributed by atoms with van der Waals surface area (Å²) in [4.78, 5) is 5.22. The van der Waals surface area contributed by atoms with Gasteiger partial charge in [-0.25, -0.2) is 0 Å². The molecule has 0 fully saturated rings. The first-order valence-electron chi connectivity index (χ1n) is 5.82. The number of benzene rings is 2. The standard InChI is InChI=1S/C15H14ClNO2/c1-18-15-8-4-12(5-9-15)10-17-19-11-13-2-6-14(16)7-3-13/h2-10H,11H2,1H3. The van der Waals surface area contributed by atoms with E-state index in [0.717, 1.165) is 16.9 Å². The van der Waals surface area contributed by atoms with E-state index in [2.05, 4.69) is 5.16 Å². The molecule has 0 heterocycles. The van der Waals surface area contributed by atoms with Crippen LogP contribution in [0, 0.1) is 0 Å². The van der Waals surface area contributed by atoms with Gasteiger partial charge in [0.2, 0.25) is 0 Å². The average Bonchev–Trinajstić information content (AvgIpc) is 2.46. The van der Waals surface area contributed by atoms with Gasteiger partial charge in [-0.05, 0) is 47.5 Å². The fraction of sp³-hybridized carbons (Fsp3) is 0.133. The SMILES string of the molecule is COc1ccc(C=NOCc2ccc(Cl)cc2)cc1. The van der Waals surface area contributed by atoms with Crippen molar-refractivity contribution >= 4 is 17.8 Å². The first kappa shape index (κ1) is 13.4. The van der Waals surface area contributed by atoms with E-state index in [1.165, 1.54) is 0 Å². The summed E-state index contributed by atoms with van der Waals surface area (Å²) >= 11 is 5.80. The predicted octanol–water partition coefficient (Wildman–Crippen LogP) is 3.90. The summed E-state index contributed by atoms with van der Waals surface area (Å²) in [5.41, 5.74) is 1.98. The molecule has 3 nitrogen and oxygen atoms in total. The highest BCUT2D eigenvalue weighted by Crippen LogP contribution is 2.11. The maximum absolute atomic E-state index is 5.80. The zero-order valence-electron chi connectivity index (χ0n) is 10.5. The van der Waals surface area contributed by atoms with Crippen molar-refractivity contribution in [1.29, 1.82) is 0 Å². The van der Waals surface area contributed by atoms with E-state index in [0.29, 0.717) is 11.6 Å². The molecule has 0 aromatic heterocycles. The predicted molar refractivity (Wildman–Crippen MR) is 76.8 cm³/mol. The van der Waals surface area contributed by atoms with E-state index in [-0.39, 0.29) is 0 Å². The minimum absolute atomic E-state index is 0.420. The molecule has 0 saturated carbocycles. The molecule has 0 N–H and O–H groups in total. The lowest BCUT2D eigenvalue weighted by Crippen LogP contribution is -1.88. The largest absolute Gasteiger partial charge is 0.497 e. The van der Waals surface area contributed by atoms with Gasteiger partial charge >= 0.3 is 0 Å². The van der Waals surface area contributed by atoms with Crippen LogP contribution in [0.15, 0.2) is 53.7 Å². The quantitative estimate of drug-likeness (QED) is 0.612. The second-order valence-corrected chi connectivity index (χ2v) is 4.34. The van der Waals surface area contributed by atoms with Gasteiger partial charge in [0.05, 0.1) is 13.3 Å². The van der Waals surface area contributed by atoms with Crippen LogP contribution >= 0.6 is 11.6 Å². The molecule has 0 bridgehead atoms. The fourth-order valence-corrected chi connectivity index (χ4v) is 1.61. The van der Waals surface area contributed by atoms with Crippen molar-refractivity contribution in [2.75, 3.05) is 7.11 Å². The van der Waals surface area contributed by atoms with Crippen molar-refractivity contribution in [2.24, 2.45) is 5.16 Å². The smallest absolute Gasteiger partial charge is 0.142 e. The van der Waals surface area contributed by atoms with Crippen molar-refractivity contribution in [3.63, 3.8) is 0 Å². The summed E-state index contributed by atoms with van der Waals surface area (Å²) in [6.07, 6.45) is 1.66. The van der Waals surface area contributed by atoms with E-state index in [1.807, 2.05) is 48.5 Å². The van der Waals surface area contributed by atoms with Gasteiger partial charge in [0, 0.05) is 5.02 Å². The Morgan fingerprint density at radius 1 is 1.05 bits per heavy atom.